The van der Waals surface area contributed by atoms with Crippen LogP contribution in [0.15, 0.2) is 33.3 Å². The van der Waals surface area contributed by atoms with Crippen LogP contribution >= 0.6 is 12.2 Å². The van der Waals surface area contributed by atoms with E-state index >= 15 is 0 Å². The normalized spacial score (nSPS) is 11.4. The third-order valence-electron chi connectivity index (χ3n) is 3.24. The van der Waals surface area contributed by atoms with Gasteiger partial charge in [0.25, 0.3) is 0 Å². The molecule has 92 valence electrons. The minimum Gasteiger partial charge on any atom is -0.464 e. The van der Waals surface area contributed by atoms with Gasteiger partial charge in [-0.2, -0.15) is 0 Å². The molecule has 0 aliphatic rings. The number of hydrogen-bond donors (Lipinski definition) is 0. The van der Waals surface area contributed by atoms with Crippen LogP contribution in [0.1, 0.15) is 24.5 Å². The van der Waals surface area contributed by atoms with Crippen molar-refractivity contribution >= 4 is 34.2 Å². The number of aryl methyl sites for hydroxylation is 2. The van der Waals surface area contributed by atoms with Gasteiger partial charge in [-0.25, -0.2) is 0 Å². The molecule has 0 N–H and O–H groups in total. The molecule has 2 heterocycles. The van der Waals surface area contributed by atoms with Crippen LogP contribution in [0.4, 0.5) is 0 Å². The van der Waals surface area contributed by atoms with E-state index in [2.05, 4.69) is 19.9 Å². The summed E-state index contributed by atoms with van der Waals surface area (Å²) in [5, 5.41) is 2.29. The van der Waals surface area contributed by atoms with Crippen molar-refractivity contribution in [2.75, 3.05) is 0 Å². The third kappa shape index (κ3) is 1.75. The molecular weight excluding hydrogens is 244 g/mol. The highest BCUT2D eigenvalue weighted by Crippen LogP contribution is 2.29. The maximum absolute atomic E-state index is 5.62. The van der Waals surface area contributed by atoms with Gasteiger partial charge in [-0.3, -0.25) is 0 Å². The molecule has 0 bridgehead atoms. The first-order valence-electron chi connectivity index (χ1n) is 6.13. The summed E-state index contributed by atoms with van der Waals surface area (Å²) in [5.41, 5.74) is 4.07. The van der Waals surface area contributed by atoms with Gasteiger partial charge < -0.3 is 8.83 Å². The summed E-state index contributed by atoms with van der Waals surface area (Å²) in [5.74, 6) is 0. The van der Waals surface area contributed by atoms with Crippen molar-refractivity contribution in [3.05, 3.63) is 40.3 Å². The van der Waals surface area contributed by atoms with Gasteiger partial charge in [0.2, 0.25) is 0 Å². The number of rotatable bonds is 2. The van der Waals surface area contributed by atoms with E-state index in [0.29, 0.717) is 4.71 Å². The second-order valence-corrected chi connectivity index (χ2v) is 5.01. The van der Waals surface area contributed by atoms with E-state index in [4.69, 9.17) is 21.1 Å². The van der Waals surface area contributed by atoms with Crippen molar-refractivity contribution in [2.45, 2.75) is 26.7 Å². The summed E-state index contributed by atoms with van der Waals surface area (Å²) in [4.78, 5) is 0. The molecule has 2 aromatic heterocycles. The molecule has 0 spiro atoms. The molecule has 0 radical (unpaired) electrons. The predicted octanol–water partition coefficient (Wildman–Crippen LogP) is 5.17. The first-order valence-corrected chi connectivity index (χ1v) is 6.54. The van der Waals surface area contributed by atoms with E-state index in [1.807, 2.05) is 12.1 Å². The molecule has 3 rings (SSSR count). The standard InChI is InChI=1S/C15H14O2S/c1-3-4-10-5-15(18)17-14-7-13-11(6-12(10)14)9(2)8-16-13/h5-8H,3-4H2,1-2H3. The largest absolute Gasteiger partial charge is 0.464 e. The fourth-order valence-corrected chi connectivity index (χ4v) is 2.58. The Morgan fingerprint density at radius 2 is 1.94 bits per heavy atom. The minimum atomic E-state index is 0.536. The molecule has 18 heavy (non-hydrogen) atoms. The van der Waals surface area contributed by atoms with Gasteiger partial charge in [-0.05, 0) is 48.8 Å². The van der Waals surface area contributed by atoms with E-state index in [1.54, 1.807) is 6.26 Å². The summed E-state index contributed by atoms with van der Waals surface area (Å²) in [6, 6.07) is 6.04. The van der Waals surface area contributed by atoms with Gasteiger partial charge in [-0.1, -0.05) is 13.3 Å². The lowest BCUT2D eigenvalue weighted by atomic mass is 10.0. The van der Waals surface area contributed by atoms with Crippen LogP contribution in [-0.2, 0) is 6.42 Å². The molecule has 0 saturated heterocycles. The third-order valence-corrected chi connectivity index (χ3v) is 3.44. The van der Waals surface area contributed by atoms with Crippen molar-refractivity contribution in [3.63, 3.8) is 0 Å². The van der Waals surface area contributed by atoms with E-state index in [-0.39, 0.29) is 0 Å². The van der Waals surface area contributed by atoms with Crippen LogP contribution in [0.5, 0.6) is 0 Å². The summed E-state index contributed by atoms with van der Waals surface area (Å²) in [6.45, 7) is 4.22. The van der Waals surface area contributed by atoms with Crippen LogP contribution < -0.4 is 0 Å². The molecule has 0 unspecified atom stereocenters. The van der Waals surface area contributed by atoms with Crippen LogP contribution in [0, 0.1) is 11.6 Å². The van der Waals surface area contributed by atoms with Crippen molar-refractivity contribution in [1.29, 1.82) is 0 Å². The summed E-state index contributed by atoms with van der Waals surface area (Å²) < 4.78 is 11.7. The Kier molecular flexibility index (Phi) is 2.71. The summed E-state index contributed by atoms with van der Waals surface area (Å²) in [6.07, 6.45) is 3.88. The first-order chi connectivity index (χ1) is 8.69. The zero-order valence-electron chi connectivity index (χ0n) is 10.4. The smallest absolute Gasteiger partial charge is 0.191 e. The fourth-order valence-electron chi connectivity index (χ4n) is 2.35. The maximum Gasteiger partial charge on any atom is 0.191 e. The van der Waals surface area contributed by atoms with Gasteiger partial charge in [0.05, 0.1) is 6.26 Å². The minimum absolute atomic E-state index is 0.536. The molecule has 0 aliphatic carbocycles. The van der Waals surface area contributed by atoms with Crippen LogP contribution in [0.3, 0.4) is 0 Å². The van der Waals surface area contributed by atoms with Crippen LogP contribution in [-0.4, -0.2) is 0 Å². The Hall–Kier alpha value is -1.61. The van der Waals surface area contributed by atoms with E-state index in [0.717, 1.165) is 40.3 Å². The number of benzene rings is 1. The molecule has 3 aromatic rings. The lowest BCUT2D eigenvalue weighted by Crippen LogP contribution is -1.87. The second-order valence-electron chi connectivity index (χ2n) is 4.60. The van der Waals surface area contributed by atoms with Crippen LogP contribution in [0.25, 0.3) is 21.9 Å². The Morgan fingerprint density at radius 3 is 2.72 bits per heavy atom. The van der Waals surface area contributed by atoms with Gasteiger partial charge in [-0.15, -0.1) is 0 Å². The van der Waals surface area contributed by atoms with Gasteiger partial charge in [0, 0.05) is 16.8 Å². The quantitative estimate of drug-likeness (QED) is 0.593. The molecular formula is C15H14O2S. The summed E-state index contributed by atoms with van der Waals surface area (Å²) in [7, 11) is 0. The molecule has 0 aliphatic heterocycles. The molecule has 0 fully saturated rings. The van der Waals surface area contributed by atoms with Gasteiger partial charge >= 0.3 is 0 Å². The van der Waals surface area contributed by atoms with E-state index < -0.39 is 0 Å². The Balaban J connectivity index is 2.43. The van der Waals surface area contributed by atoms with E-state index in [9.17, 15) is 0 Å². The first kappa shape index (κ1) is 11.5. The van der Waals surface area contributed by atoms with Crippen molar-refractivity contribution in [3.8, 4) is 0 Å². The molecule has 3 heteroatoms. The highest BCUT2D eigenvalue weighted by Gasteiger charge is 2.09. The van der Waals surface area contributed by atoms with Crippen LogP contribution in [0.2, 0.25) is 0 Å². The number of furan rings is 1. The lowest BCUT2D eigenvalue weighted by molar-refractivity contribution is 0.580. The number of hydrogen-bond acceptors (Lipinski definition) is 3. The van der Waals surface area contributed by atoms with Gasteiger partial charge in [0.1, 0.15) is 11.2 Å². The Bertz CT molecular complexity index is 780. The van der Waals surface area contributed by atoms with E-state index in [1.165, 1.54) is 5.56 Å². The maximum atomic E-state index is 5.62. The predicted molar refractivity (Wildman–Crippen MR) is 75.6 cm³/mol. The molecule has 0 saturated carbocycles. The molecule has 0 atom stereocenters. The number of fused-ring (bicyclic) bond motifs is 2. The van der Waals surface area contributed by atoms with Gasteiger partial charge in [0.15, 0.2) is 4.71 Å². The topological polar surface area (TPSA) is 26.3 Å². The monoisotopic (exact) mass is 258 g/mol. The average Bonchev–Trinajstić information content (AvgIpc) is 2.69. The SMILES string of the molecule is CCCc1cc(=S)oc2cc3occ(C)c3cc12. The fraction of sp³-hybridized carbons (Fsp3) is 0.267. The zero-order chi connectivity index (χ0) is 12.7. The Morgan fingerprint density at radius 1 is 1.11 bits per heavy atom. The average molecular weight is 258 g/mol. The Labute approximate surface area is 110 Å². The highest BCUT2D eigenvalue weighted by atomic mass is 32.1. The van der Waals surface area contributed by atoms with Crippen molar-refractivity contribution < 1.29 is 8.83 Å². The van der Waals surface area contributed by atoms with Crippen molar-refractivity contribution in [1.82, 2.24) is 0 Å². The second kappa shape index (κ2) is 4.25. The molecule has 0 amide bonds. The van der Waals surface area contributed by atoms with Crippen molar-refractivity contribution in [2.24, 2.45) is 0 Å². The summed E-state index contributed by atoms with van der Waals surface area (Å²) >= 11 is 5.17. The lowest BCUT2D eigenvalue weighted by Gasteiger charge is -2.05. The molecule has 2 nitrogen and oxygen atoms in total. The molecule has 1 aromatic carbocycles. The zero-order valence-corrected chi connectivity index (χ0v) is 11.3. The highest BCUT2D eigenvalue weighted by molar-refractivity contribution is 7.71.